The van der Waals surface area contributed by atoms with Gasteiger partial charge in [0.15, 0.2) is 5.41 Å². The highest BCUT2D eigenvalue weighted by atomic mass is 16.7. The molecule has 2 saturated heterocycles. The molecule has 0 spiro atoms. The van der Waals surface area contributed by atoms with Crippen molar-refractivity contribution >= 4 is 5.90 Å². The Morgan fingerprint density at radius 2 is 1.56 bits per heavy atom. The highest BCUT2D eigenvalue weighted by Gasteiger charge is 2.79. The van der Waals surface area contributed by atoms with Crippen LogP contribution in [0.4, 0.5) is 0 Å². The van der Waals surface area contributed by atoms with Crippen LogP contribution in [0.25, 0.3) is 0 Å². The molecule has 0 aromatic heterocycles. The summed E-state index contributed by atoms with van der Waals surface area (Å²) in [6.45, 7) is 3.68. The van der Waals surface area contributed by atoms with Crippen molar-refractivity contribution in [2.75, 3.05) is 7.11 Å². The largest absolute Gasteiger partial charge is 0.497 e. The fourth-order valence-corrected chi connectivity index (χ4v) is 5.01. The van der Waals surface area contributed by atoms with Crippen LogP contribution in [0.5, 0.6) is 5.75 Å². The minimum absolute atomic E-state index is 0.431. The van der Waals surface area contributed by atoms with Gasteiger partial charge in [-0.2, -0.15) is 15.8 Å². The summed E-state index contributed by atoms with van der Waals surface area (Å²) in [5.41, 5.74) is -1.58. The van der Waals surface area contributed by atoms with Gasteiger partial charge in [-0.15, -0.1) is 0 Å². The summed E-state index contributed by atoms with van der Waals surface area (Å²) < 4.78 is 17.4. The number of methoxy groups -OCH3 is 1. The van der Waals surface area contributed by atoms with Crippen molar-refractivity contribution in [3.8, 4) is 24.0 Å². The molecule has 2 bridgehead atoms. The lowest BCUT2D eigenvalue weighted by Crippen LogP contribution is -2.57. The number of hydrogen-bond donors (Lipinski definition) is 1. The van der Waals surface area contributed by atoms with Crippen molar-refractivity contribution < 1.29 is 14.2 Å². The maximum Gasteiger partial charge on any atom is 0.218 e. The molecule has 7 heteroatoms. The first-order chi connectivity index (χ1) is 15.4. The van der Waals surface area contributed by atoms with Crippen molar-refractivity contribution in [3.05, 3.63) is 65.2 Å². The van der Waals surface area contributed by atoms with Crippen LogP contribution in [0, 0.1) is 50.2 Å². The zero-order valence-electron chi connectivity index (χ0n) is 18.0. The predicted molar refractivity (Wildman–Crippen MR) is 114 cm³/mol. The second-order valence-electron chi connectivity index (χ2n) is 8.20. The lowest BCUT2D eigenvalue weighted by Gasteiger charge is -2.48. The van der Waals surface area contributed by atoms with Gasteiger partial charge >= 0.3 is 0 Å². The fraction of sp³-hybridized carbons (Fsp3) is 0.360. The molecular weight excluding hydrogens is 404 g/mol. The topological polar surface area (TPSA) is 123 Å². The van der Waals surface area contributed by atoms with Crippen LogP contribution in [0.2, 0.25) is 0 Å². The Morgan fingerprint density at radius 1 is 0.969 bits per heavy atom. The number of nitrogens with one attached hydrogen (secondary N) is 1. The first-order valence-electron chi connectivity index (χ1n) is 10.3. The van der Waals surface area contributed by atoms with Crippen molar-refractivity contribution in [1.29, 1.82) is 21.2 Å². The minimum atomic E-state index is -2.01. The summed E-state index contributed by atoms with van der Waals surface area (Å²) in [7, 11) is 1.55. The molecule has 4 unspecified atom stereocenters. The van der Waals surface area contributed by atoms with Crippen molar-refractivity contribution in [3.63, 3.8) is 0 Å². The molecule has 0 saturated carbocycles. The van der Waals surface area contributed by atoms with Crippen LogP contribution in [0.15, 0.2) is 48.5 Å². The summed E-state index contributed by atoms with van der Waals surface area (Å²) in [5.74, 6) is -2.11. The standard InChI is InChI=1S/C25H22N4O3/c1-4-16-5-7-18(8-6-16)21-24(13-26,14-27)25(15-28)20(23(2,31-21)32-22(25)29)17-9-11-19(30-3)12-10-17/h5-12,20-21,29H,4H2,1-3H3. The van der Waals surface area contributed by atoms with E-state index in [9.17, 15) is 15.8 Å². The third-order valence-corrected chi connectivity index (χ3v) is 6.66. The third-order valence-electron chi connectivity index (χ3n) is 6.66. The summed E-state index contributed by atoms with van der Waals surface area (Å²) in [5, 5.41) is 39.8. The molecule has 0 aliphatic carbocycles. The first kappa shape index (κ1) is 21.4. The van der Waals surface area contributed by atoms with Gasteiger partial charge in [-0.25, -0.2) is 0 Å². The normalized spacial score (nSPS) is 29.8. The molecule has 0 radical (unpaired) electrons. The van der Waals surface area contributed by atoms with E-state index in [1.807, 2.05) is 19.1 Å². The van der Waals surface area contributed by atoms with Crippen molar-refractivity contribution in [2.24, 2.45) is 10.8 Å². The summed E-state index contributed by atoms with van der Waals surface area (Å²) in [6.07, 6.45) is -0.244. The van der Waals surface area contributed by atoms with Crippen LogP contribution in [-0.4, -0.2) is 18.8 Å². The van der Waals surface area contributed by atoms with Gasteiger partial charge in [0.05, 0.1) is 31.2 Å². The van der Waals surface area contributed by atoms with Crippen molar-refractivity contribution in [2.45, 2.75) is 38.1 Å². The highest BCUT2D eigenvalue weighted by Crippen LogP contribution is 2.69. The number of ether oxygens (including phenoxy) is 3. The SMILES string of the molecule is CCc1ccc(C2OC3(C)OC(=N)C(C#N)(C3c3ccc(OC)cc3)C2(C#N)C#N)cc1. The highest BCUT2D eigenvalue weighted by molar-refractivity contribution is 5.90. The molecule has 4 rings (SSSR count). The molecule has 2 aliphatic rings. The quantitative estimate of drug-likeness (QED) is 0.774. The van der Waals surface area contributed by atoms with Gasteiger partial charge in [-0.05, 0) is 35.2 Å². The summed E-state index contributed by atoms with van der Waals surface area (Å²) in [6, 6.07) is 20.7. The number of benzene rings is 2. The van der Waals surface area contributed by atoms with Gasteiger partial charge in [-0.1, -0.05) is 43.3 Å². The molecule has 1 N–H and O–H groups in total. The minimum Gasteiger partial charge on any atom is -0.497 e. The van der Waals surface area contributed by atoms with Gasteiger partial charge in [-0.3, -0.25) is 5.41 Å². The Bertz CT molecular complexity index is 1170. The average Bonchev–Trinajstić information content (AvgIpc) is 3.01. The zero-order valence-corrected chi connectivity index (χ0v) is 18.0. The van der Waals surface area contributed by atoms with E-state index in [2.05, 4.69) is 18.2 Å². The summed E-state index contributed by atoms with van der Waals surface area (Å²) in [4.78, 5) is 0. The molecule has 2 aliphatic heterocycles. The molecule has 2 aromatic carbocycles. The Hall–Kier alpha value is -3.86. The molecule has 160 valence electrons. The number of nitriles is 3. The summed E-state index contributed by atoms with van der Waals surface area (Å²) >= 11 is 0. The van der Waals surface area contributed by atoms with Crippen LogP contribution in [-0.2, 0) is 15.9 Å². The first-order valence-corrected chi connectivity index (χ1v) is 10.3. The van der Waals surface area contributed by atoms with Crippen LogP contribution in [0.1, 0.15) is 42.6 Å². The van der Waals surface area contributed by atoms with Gasteiger partial charge in [0.2, 0.25) is 17.1 Å². The van der Waals surface area contributed by atoms with E-state index in [0.717, 1.165) is 12.0 Å². The molecule has 7 nitrogen and oxygen atoms in total. The monoisotopic (exact) mass is 426 g/mol. The smallest absolute Gasteiger partial charge is 0.218 e. The van der Waals surface area contributed by atoms with Crippen LogP contribution < -0.4 is 4.74 Å². The van der Waals surface area contributed by atoms with Gasteiger partial charge in [0, 0.05) is 6.92 Å². The lowest BCUT2D eigenvalue weighted by molar-refractivity contribution is -0.253. The molecule has 0 amide bonds. The molecule has 2 heterocycles. The molecule has 2 fully saturated rings. The number of hydrogen-bond acceptors (Lipinski definition) is 7. The van der Waals surface area contributed by atoms with E-state index >= 15 is 0 Å². The lowest BCUT2D eigenvalue weighted by atomic mass is 9.52. The number of aryl methyl sites for hydroxylation is 1. The third kappa shape index (κ3) is 2.57. The second-order valence-corrected chi connectivity index (χ2v) is 8.20. The maximum atomic E-state index is 10.5. The Labute approximate surface area is 186 Å². The Kier molecular flexibility index (Phi) is 4.93. The van der Waals surface area contributed by atoms with Crippen molar-refractivity contribution in [1.82, 2.24) is 0 Å². The van der Waals surface area contributed by atoms with Gasteiger partial charge < -0.3 is 14.2 Å². The fourth-order valence-electron chi connectivity index (χ4n) is 5.01. The van der Waals surface area contributed by atoms with Crippen LogP contribution in [0.3, 0.4) is 0 Å². The molecule has 4 atom stereocenters. The second kappa shape index (κ2) is 7.38. The predicted octanol–water partition coefficient (Wildman–Crippen LogP) is 4.38. The molecular formula is C25H22N4O3. The molecule has 32 heavy (non-hydrogen) atoms. The van der Waals surface area contributed by atoms with E-state index < -0.39 is 34.5 Å². The van der Waals surface area contributed by atoms with Gasteiger partial charge in [0.1, 0.15) is 11.9 Å². The van der Waals surface area contributed by atoms with E-state index in [1.165, 1.54) is 0 Å². The Morgan fingerprint density at radius 3 is 2.06 bits per heavy atom. The Balaban J connectivity index is 1.97. The number of nitrogens with zero attached hydrogens (tertiary/aromatic N) is 3. The van der Waals surface area contributed by atoms with E-state index in [0.29, 0.717) is 16.9 Å². The maximum absolute atomic E-state index is 10.5. The zero-order chi connectivity index (χ0) is 23.1. The van der Waals surface area contributed by atoms with Crippen LogP contribution >= 0.6 is 0 Å². The van der Waals surface area contributed by atoms with E-state index in [-0.39, 0.29) is 0 Å². The van der Waals surface area contributed by atoms with E-state index in [1.54, 1.807) is 50.4 Å². The van der Waals surface area contributed by atoms with E-state index in [4.69, 9.17) is 19.6 Å². The average molecular weight is 426 g/mol. The molecule has 2 aromatic rings. The van der Waals surface area contributed by atoms with Gasteiger partial charge in [0.25, 0.3) is 0 Å². The number of fused-ring (bicyclic) bond motifs is 2. The number of rotatable bonds is 4.